The molecule has 1 aromatic heterocycles. The highest BCUT2D eigenvalue weighted by atomic mass is 32.2. The van der Waals surface area contributed by atoms with E-state index in [1.54, 1.807) is 25.3 Å². The van der Waals surface area contributed by atoms with E-state index in [9.17, 15) is 8.42 Å². The highest BCUT2D eigenvalue weighted by Gasteiger charge is 2.17. The van der Waals surface area contributed by atoms with Crippen molar-refractivity contribution in [3.05, 3.63) is 36.0 Å². The van der Waals surface area contributed by atoms with E-state index < -0.39 is 10.0 Å². The van der Waals surface area contributed by atoms with Gasteiger partial charge in [0.15, 0.2) is 0 Å². The van der Waals surface area contributed by atoms with Gasteiger partial charge in [-0.2, -0.15) is 0 Å². The maximum absolute atomic E-state index is 12.0. The lowest BCUT2D eigenvalue weighted by molar-refractivity contribution is 0.584. The summed E-state index contributed by atoms with van der Waals surface area (Å²) in [6.07, 6.45) is 1.63. The quantitative estimate of drug-likeness (QED) is 0.904. The third-order valence-corrected chi connectivity index (χ3v) is 4.15. The Hall–Kier alpha value is -1.46. The fourth-order valence-electron chi connectivity index (χ4n) is 1.77. The zero-order chi connectivity index (χ0) is 12.5. The standard InChI is InChI=1S/C12H14N2O2S/c1-3-14-17(15,16)11-6-4-5-10-9(2)7-8-13-12(10)11/h4-8,14H,3H2,1-2H3. The van der Waals surface area contributed by atoms with Gasteiger partial charge < -0.3 is 0 Å². The number of fused-ring (bicyclic) bond motifs is 1. The lowest BCUT2D eigenvalue weighted by Gasteiger charge is -2.08. The molecule has 0 saturated heterocycles. The van der Waals surface area contributed by atoms with Crippen LogP contribution in [0.1, 0.15) is 12.5 Å². The summed E-state index contributed by atoms with van der Waals surface area (Å²) >= 11 is 0. The number of sulfonamides is 1. The molecular formula is C12H14N2O2S. The van der Waals surface area contributed by atoms with E-state index in [-0.39, 0.29) is 4.90 Å². The largest absolute Gasteiger partial charge is 0.255 e. The minimum atomic E-state index is -3.47. The Kier molecular flexibility index (Phi) is 3.13. The molecule has 1 aromatic carbocycles. The second-order valence-electron chi connectivity index (χ2n) is 3.78. The van der Waals surface area contributed by atoms with E-state index in [1.807, 2.05) is 19.1 Å². The van der Waals surface area contributed by atoms with Crippen molar-refractivity contribution in [1.82, 2.24) is 9.71 Å². The fourth-order valence-corrected chi connectivity index (χ4v) is 2.98. The molecule has 0 spiro atoms. The normalized spacial score (nSPS) is 11.9. The lowest BCUT2D eigenvalue weighted by atomic mass is 10.1. The van der Waals surface area contributed by atoms with Gasteiger partial charge in [-0.15, -0.1) is 0 Å². The molecule has 90 valence electrons. The number of nitrogens with one attached hydrogen (secondary N) is 1. The van der Waals surface area contributed by atoms with Crippen molar-refractivity contribution in [3.8, 4) is 0 Å². The minimum Gasteiger partial charge on any atom is -0.255 e. The lowest BCUT2D eigenvalue weighted by Crippen LogP contribution is -2.23. The molecule has 5 heteroatoms. The second-order valence-corrected chi connectivity index (χ2v) is 5.52. The zero-order valence-electron chi connectivity index (χ0n) is 9.77. The first-order valence-electron chi connectivity index (χ1n) is 5.40. The Balaban J connectivity index is 2.76. The molecule has 0 aliphatic heterocycles. The number of hydrogen-bond acceptors (Lipinski definition) is 3. The third kappa shape index (κ3) is 2.16. The van der Waals surface area contributed by atoms with E-state index in [2.05, 4.69) is 9.71 Å². The molecule has 2 rings (SSSR count). The van der Waals surface area contributed by atoms with Crippen LogP contribution in [0, 0.1) is 6.92 Å². The highest BCUT2D eigenvalue weighted by molar-refractivity contribution is 7.89. The first kappa shape index (κ1) is 12.0. The molecule has 0 atom stereocenters. The molecule has 0 aliphatic rings. The van der Waals surface area contributed by atoms with Crippen LogP contribution in [0.25, 0.3) is 10.9 Å². The Morgan fingerprint density at radius 3 is 2.76 bits per heavy atom. The number of aryl methyl sites for hydroxylation is 1. The predicted molar refractivity (Wildman–Crippen MR) is 67.3 cm³/mol. The average molecular weight is 250 g/mol. The first-order chi connectivity index (χ1) is 8.06. The van der Waals surface area contributed by atoms with Crippen LogP contribution >= 0.6 is 0 Å². The predicted octanol–water partition coefficient (Wildman–Crippen LogP) is 1.84. The molecule has 2 aromatic rings. The zero-order valence-corrected chi connectivity index (χ0v) is 10.6. The van der Waals surface area contributed by atoms with E-state index in [1.165, 1.54) is 0 Å². The third-order valence-electron chi connectivity index (χ3n) is 2.58. The van der Waals surface area contributed by atoms with Gasteiger partial charge in [0, 0.05) is 18.1 Å². The molecule has 0 saturated carbocycles. The van der Waals surface area contributed by atoms with Crippen molar-refractivity contribution in [1.29, 1.82) is 0 Å². The number of benzene rings is 1. The number of rotatable bonds is 3. The van der Waals surface area contributed by atoms with E-state index in [4.69, 9.17) is 0 Å². The maximum Gasteiger partial charge on any atom is 0.242 e. The van der Waals surface area contributed by atoms with Crippen molar-refractivity contribution in [2.75, 3.05) is 6.54 Å². The highest BCUT2D eigenvalue weighted by Crippen LogP contribution is 2.22. The molecule has 17 heavy (non-hydrogen) atoms. The summed E-state index contributed by atoms with van der Waals surface area (Å²) in [5, 5.41) is 0.867. The smallest absolute Gasteiger partial charge is 0.242 e. The summed E-state index contributed by atoms with van der Waals surface area (Å²) in [6, 6.07) is 7.06. The van der Waals surface area contributed by atoms with Crippen molar-refractivity contribution in [2.45, 2.75) is 18.7 Å². The Labute approximate surface area is 101 Å². The van der Waals surface area contributed by atoms with Gasteiger partial charge in [0.2, 0.25) is 10.0 Å². The van der Waals surface area contributed by atoms with Gasteiger partial charge in [-0.25, -0.2) is 13.1 Å². The Morgan fingerprint density at radius 1 is 1.29 bits per heavy atom. The van der Waals surface area contributed by atoms with Gasteiger partial charge in [0.05, 0.1) is 5.52 Å². The molecule has 4 nitrogen and oxygen atoms in total. The molecule has 1 heterocycles. The van der Waals surface area contributed by atoms with E-state index in [0.29, 0.717) is 12.1 Å². The van der Waals surface area contributed by atoms with Crippen LogP contribution in [0.15, 0.2) is 35.4 Å². The first-order valence-corrected chi connectivity index (χ1v) is 6.88. The summed E-state index contributed by atoms with van der Waals surface area (Å²) in [5.41, 5.74) is 1.54. The van der Waals surface area contributed by atoms with E-state index >= 15 is 0 Å². The molecular weight excluding hydrogens is 236 g/mol. The van der Waals surface area contributed by atoms with Gasteiger partial charge in [-0.05, 0) is 24.6 Å². The van der Waals surface area contributed by atoms with Crippen LogP contribution in [-0.2, 0) is 10.0 Å². The molecule has 0 radical (unpaired) electrons. The van der Waals surface area contributed by atoms with Crippen LogP contribution in [0.5, 0.6) is 0 Å². The SMILES string of the molecule is CCNS(=O)(=O)c1cccc2c(C)ccnc12. The number of pyridine rings is 1. The van der Waals surface area contributed by atoms with Crippen LogP contribution in [-0.4, -0.2) is 19.9 Å². The number of nitrogens with zero attached hydrogens (tertiary/aromatic N) is 1. The Bertz CT molecular complexity index is 651. The average Bonchev–Trinajstić information content (AvgIpc) is 2.29. The second kappa shape index (κ2) is 4.43. The molecule has 0 unspecified atom stereocenters. The van der Waals surface area contributed by atoms with Crippen LogP contribution in [0.2, 0.25) is 0 Å². The summed E-state index contributed by atoms with van der Waals surface area (Å²) in [4.78, 5) is 4.41. The minimum absolute atomic E-state index is 0.237. The molecule has 1 N–H and O–H groups in total. The van der Waals surface area contributed by atoms with Crippen molar-refractivity contribution >= 4 is 20.9 Å². The van der Waals surface area contributed by atoms with Gasteiger partial charge in [-0.1, -0.05) is 19.1 Å². The van der Waals surface area contributed by atoms with Crippen molar-refractivity contribution in [3.63, 3.8) is 0 Å². The topological polar surface area (TPSA) is 59.1 Å². The number of hydrogen-bond donors (Lipinski definition) is 1. The fraction of sp³-hybridized carbons (Fsp3) is 0.250. The summed E-state index contributed by atoms with van der Waals surface area (Å²) < 4.78 is 26.5. The Morgan fingerprint density at radius 2 is 2.06 bits per heavy atom. The molecule has 0 fully saturated rings. The van der Waals surface area contributed by atoms with Crippen molar-refractivity contribution < 1.29 is 8.42 Å². The van der Waals surface area contributed by atoms with E-state index in [0.717, 1.165) is 10.9 Å². The molecule has 0 amide bonds. The van der Waals surface area contributed by atoms with Crippen LogP contribution < -0.4 is 4.72 Å². The number of aromatic nitrogens is 1. The van der Waals surface area contributed by atoms with Crippen molar-refractivity contribution in [2.24, 2.45) is 0 Å². The molecule has 0 aliphatic carbocycles. The van der Waals surface area contributed by atoms with Gasteiger partial charge in [0.1, 0.15) is 4.90 Å². The van der Waals surface area contributed by atoms with Crippen LogP contribution in [0.4, 0.5) is 0 Å². The monoisotopic (exact) mass is 250 g/mol. The summed E-state index contributed by atoms with van der Waals surface area (Å²) in [6.45, 7) is 4.06. The summed E-state index contributed by atoms with van der Waals surface area (Å²) in [7, 11) is -3.47. The maximum atomic E-state index is 12.0. The van der Waals surface area contributed by atoms with Crippen LogP contribution in [0.3, 0.4) is 0 Å². The molecule has 0 bridgehead atoms. The number of para-hydroxylation sites is 1. The summed E-state index contributed by atoms with van der Waals surface area (Å²) in [5.74, 6) is 0. The van der Waals surface area contributed by atoms with Gasteiger partial charge >= 0.3 is 0 Å². The van der Waals surface area contributed by atoms with Gasteiger partial charge in [0.25, 0.3) is 0 Å². The van der Waals surface area contributed by atoms with Gasteiger partial charge in [-0.3, -0.25) is 4.98 Å².